The minimum absolute atomic E-state index is 0. The van der Waals surface area contributed by atoms with Crippen molar-refractivity contribution in [1.82, 2.24) is 4.90 Å². The van der Waals surface area contributed by atoms with Crippen LogP contribution < -0.4 is 10.2 Å². The summed E-state index contributed by atoms with van der Waals surface area (Å²) in [7, 11) is 4.01. The average Bonchev–Trinajstić information content (AvgIpc) is 2.70. The van der Waals surface area contributed by atoms with Crippen LogP contribution in [0.4, 0.5) is 10.7 Å². The van der Waals surface area contributed by atoms with Gasteiger partial charge in [0.15, 0.2) is 0 Å². The van der Waals surface area contributed by atoms with E-state index in [-0.39, 0.29) is 24.2 Å². The molecule has 20 heavy (non-hydrogen) atoms. The molecule has 0 fully saturated rings. The smallest absolute Gasteiger partial charge is 0.223 e. The zero-order valence-electron chi connectivity index (χ0n) is 12.3. The molecule has 0 atom stereocenters. The van der Waals surface area contributed by atoms with Crippen LogP contribution in [-0.2, 0) is 9.59 Å². The van der Waals surface area contributed by atoms with Gasteiger partial charge in [-0.1, -0.05) is 0 Å². The summed E-state index contributed by atoms with van der Waals surface area (Å²) >= 11 is 1.43. The van der Waals surface area contributed by atoms with E-state index in [1.165, 1.54) is 18.3 Å². The first-order valence-corrected chi connectivity index (χ1v) is 7.07. The molecule has 2 amide bonds. The van der Waals surface area contributed by atoms with Gasteiger partial charge in [-0.3, -0.25) is 9.59 Å². The molecule has 0 aromatic carbocycles. The van der Waals surface area contributed by atoms with Crippen LogP contribution in [0, 0.1) is 0 Å². The van der Waals surface area contributed by atoms with Gasteiger partial charge in [0.2, 0.25) is 11.8 Å². The summed E-state index contributed by atoms with van der Waals surface area (Å²) in [6.07, 6.45) is 0.891. The van der Waals surface area contributed by atoms with Gasteiger partial charge >= 0.3 is 0 Å². The Morgan fingerprint density at radius 2 is 1.90 bits per heavy atom. The summed E-state index contributed by atoms with van der Waals surface area (Å²) < 4.78 is 0. The minimum atomic E-state index is -0.125. The van der Waals surface area contributed by atoms with Crippen molar-refractivity contribution < 1.29 is 9.59 Å². The van der Waals surface area contributed by atoms with Crippen molar-refractivity contribution in [2.75, 3.05) is 37.4 Å². The molecule has 0 spiro atoms. The topological polar surface area (TPSA) is 52.7 Å². The lowest BCUT2D eigenvalue weighted by molar-refractivity contribution is -0.117. The average molecular weight is 320 g/mol. The maximum atomic E-state index is 11.8. The SMILES string of the molecule is CC(=O)Nc1sccc1N(CCCN(C)C)C(C)=O.Cl. The summed E-state index contributed by atoms with van der Waals surface area (Å²) in [4.78, 5) is 26.7. The normalized spacial score (nSPS) is 10.1. The summed E-state index contributed by atoms with van der Waals surface area (Å²) in [5.41, 5.74) is 0.784. The number of anilines is 2. The van der Waals surface area contributed by atoms with E-state index in [0.717, 1.165) is 23.7 Å². The number of halogens is 1. The number of nitrogens with zero attached hydrogens (tertiary/aromatic N) is 2. The number of hydrogen-bond acceptors (Lipinski definition) is 4. The number of nitrogens with one attached hydrogen (secondary N) is 1. The Labute approximate surface area is 130 Å². The molecule has 7 heteroatoms. The summed E-state index contributed by atoms with van der Waals surface area (Å²) in [5, 5.41) is 5.37. The fourth-order valence-corrected chi connectivity index (χ4v) is 2.60. The zero-order valence-corrected chi connectivity index (χ0v) is 13.9. The van der Waals surface area contributed by atoms with E-state index >= 15 is 0 Å². The predicted molar refractivity (Wildman–Crippen MR) is 87.1 cm³/mol. The highest BCUT2D eigenvalue weighted by atomic mass is 35.5. The van der Waals surface area contributed by atoms with E-state index in [4.69, 9.17) is 0 Å². The van der Waals surface area contributed by atoms with Crippen molar-refractivity contribution in [3.8, 4) is 0 Å². The molecule has 0 aliphatic heterocycles. The molecule has 1 aromatic rings. The van der Waals surface area contributed by atoms with Crippen LogP contribution >= 0.6 is 23.7 Å². The molecule has 0 saturated carbocycles. The Bertz CT molecular complexity index is 449. The zero-order chi connectivity index (χ0) is 14.4. The van der Waals surface area contributed by atoms with Gasteiger partial charge in [0.25, 0.3) is 0 Å². The maximum Gasteiger partial charge on any atom is 0.223 e. The number of thiophene rings is 1. The summed E-state index contributed by atoms with van der Waals surface area (Å²) in [6, 6.07) is 1.87. The van der Waals surface area contributed by atoms with E-state index in [1.807, 2.05) is 25.5 Å². The quantitative estimate of drug-likeness (QED) is 0.876. The van der Waals surface area contributed by atoms with E-state index < -0.39 is 0 Å². The summed E-state index contributed by atoms with van der Waals surface area (Å²) in [5.74, 6) is -0.135. The third kappa shape index (κ3) is 5.90. The predicted octanol–water partition coefficient (Wildman–Crippen LogP) is 2.43. The molecule has 0 bridgehead atoms. The fraction of sp³-hybridized carbons (Fsp3) is 0.538. The molecular weight excluding hydrogens is 298 g/mol. The van der Waals surface area contributed by atoms with Crippen LogP contribution in [0.15, 0.2) is 11.4 Å². The second kappa shape index (κ2) is 8.94. The first-order valence-electron chi connectivity index (χ1n) is 6.19. The van der Waals surface area contributed by atoms with Crippen molar-refractivity contribution >= 4 is 46.2 Å². The molecule has 1 rings (SSSR count). The third-order valence-corrected chi connectivity index (χ3v) is 3.41. The molecule has 0 saturated heterocycles. The lowest BCUT2D eigenvalue weighted by Crippen LogP contribution is -2.31. The highest BCUT2D eigenvalue weighted by Crippen LogP contribution is 2.32. The van der Waals surface area contributed by atoms with Crippen LogP contribution in [0.2, 0.25) is 0 Å². The van der Waals surface area contributed by atoms with Crippen LogP contribution in [0.5, 0.6) is 0 Å². The molecule has 0 unspecified atom stereocenters. The number of carbonyl (C=O) groups excluding carboxylic acids is 2. The lowest BCUT2D eigenvalue weighted by atomic mass is 10.3. The van der Waals surface area contributed by atoms with Crippen LogP contribution in [0.3, 0.4) is 0 Å². The second-order valence-electron chi connectivity index (χ2n) is 4.64. The van der Waals surface area contributed by atoms with Crippen molar-refractivity contribution in [1.29, 1.82) is 0 Å². The molecule has 1 aromatic heterocycles. The number of hydrogen-bond donors (Lipinski definition) is 1. The van der Waals surface area contributed by atoms with Gasteiger partial charge in [-0.2, -0.15) is 0 Å². The van der Waals surface area contributed by atoms with Gasteiger partial charge < -0.3 is 15.1 Å². The van der Waals surface area contributed by atoms with Gasteiger partial charge in [-0.15, -0.1) is 23.7 Å². The highest BCUT2D eigenvalue weighted by Gasteiger charge is 2.17. The molecule has 0 radical (unpaired) electrons. The summed E-state index contributed by atoms with van der Waals surface area (Å²) in [6.45, 7) is 4.58. The highest BCUT2D eigenvalue weighted by molar-refractivity contribution is 7.15. The molecule has 0 aliphatic carbocycles. The van der Waals surface area contributed by atoms with Gasteiger partial charge in [-0.25, -0.2) is 0 Å². The molecule has 114 valence electrons. The molecule has 5 nitrogen and oxygen atoms in total. The molecule has 0 aliphatic rings. The lowest BCUT2D eigenvalue weighted by Gasteiger charge is -2.22. The first-order chi connectivity index (χ1) is 8.91. The first kappa shape index (κ1) is 18.9. The van der Waals surface area contributed by atoms with Crippen LogP contribution in [0.1, 0.15) is 20.3 Å². The Hall–Kier alpha value is -1.11. The van der Waals surface area contributed by atoms with Gasteiger partial charge in [-0.05, 0) is 38.5 Å². The van der Waals surface area contributed by atoms with Gasteiger partial charge in [0.1, 0.15) is 5.00 Å². The van der Waals surface area contributed by atoms with E-state index in [2.05, 4.69) is 10.2 Å². The van der Waals surface area contributed by atoms with Crippen LogP contribution in [0.25, 0.3) is 0 Å². The molecular formula is C13H22ClN3O2S. The van der Waals surface area contributed by atoms with Gasteiger partial charge in [0.05, 0.1) is 5.69 Å². The van der Waals surface area contributed by atoms with E-state index in [0.29, 0.717) is 6.54 Å². The van der Waals surface area contributed by atoms with Crippen molar-refractivity contribution in [2.45, 2.75) is 20.3 Å². The Morgan fingerprint density at radius 1 is 1.25 bits per heavy atom. The number of rotatable bonds is 6. The second-order valence-corrected chi connectivity index (χ2v) is 5.56. The van der Waals surface area contributed by atoms with Crippen molar-refractivity contribution in [3.63, 3.8) is 0 Å². The van der Waals surface area contributed by atoms with E-state index in [9.17, 15) is 9.59 Å². The fourth-order valence-electron chi connectivity index (χ4n) is 1.76. The minimum Gasteiger partial charge on any atom is -0.316 e. The van der Waals surface area contributed by atoms with Crippen molar-refractivity contribution in [2.24, 2.45) is 0 Å². The Kier molecular flexibility index (Phi) is 8.45. The maximum absolute atomic E-state index is 11.8. The Balaban J connectivity index is 0.00000361. The molecule has 1 N–H and O–H groups in total. The largest absolute Gasteiger partial charge is 0.316 e. The van der Waals surface area contributed by atoms with Gasteiger partial charge in [0, 0.05) is 20.4 Å². The number of amides is 2. The Morgan fingerprint density at radius 3 is 2.40 bits per heavy atom. The number of carbonyl (C=O) groups is 2. The standard InChI is InChI=1S/C13H21N3O2S.ClH/c1-10(17)14-13-12(6-9-19-13)16(11(2)18)8-5-7-15(3)4;/h6,9H,5,7-8H2,1-4H3,(H,14,17);1H. The molecule has 1 heterocycles. The third-order valence-electron chi connectivity index (χ3n) is 2.59. The van der Waals surface area contributed by atoms with Crippen molar-refractivity contribution in [3.05, 3.63) is 11.4 Å². The van der Waals surface area contributed by atoms with E-state index in [1.54, 1.807) is 11.8 Å². The monoisotopic (exact) mass is 319 g/mol. The van der Waals surface area contributed by atoms with Crippen LogP contribution in [-0.4, -0.2) is 43.9 Å².